The maximum atomic E-state index is 12.2. The van der Waals surface area contributed by atoms with Gasteiger partial charge in [-0.05, 0) is 24.6 Å². The van der Waals surface area contributed by atoms with Gasteiger partial charge in [0.15, 0.2) is 0 Å². The van der Waals surface area contributed by atoms with E-state index in [0.717, 1.165) is 21.7 Å². The number of aryl methyl sites for hydroxylation is 1. The summed E-state index contributed by atoms with van der Waals surface area (Å²) in [4.78, 5) is 21.5. The van der Waals surface area contributed by atoms with Gasteiger partial charge in [0.25, 0.3) is 5.56 Å². The third kappa shape index (κ3) is 2.10. The Morgan fingerprint density at radius 1 is 1.35 bits per heavy atom. The predicted molar refractivity (Wildman–Crippen MR) is 81.6 cm³/mol. The van der Waals surface area contributed by atoms with Crippen molar-refractivity contribution in [3.63, 3.8) is 0 Å². The SMILES string of the molecule is CCc1cc2c(=O)[nH]c(-c3ccccc3OC)nc2s1. The number of H-pyrrole nitrogens is 1. The molecular weight excluding hydrogens is 272 g/mol. The van der Waals surface area contributed by atoms with Crippen LogP contribution in [-0.2, 0) is 6.42 Å². The summed E-state index contributed by atoms with van der Waals surface area (Å²) in [5.41, 5.74) is 0.687. The average molecular weight is 286 g/mol. The molecule has 3 aromatic rings. The fraction of sp³-hybridized carbons (Fsp3) is 0.200. The Hall–Kier alpha value is -2.14. The molecule has 4 nitrogen and oxygen atoms in total. The summed E-state index contributed by atoms with van der Waals surface area (Å²) in [5.74, 6) is 1.24. The summed E-state index contributed by atoms with van der Waals surface area (Å²) in [5, 5.41) is 0.658. The van der Waals surface area contributed by atoms with E-state index in [9.17, 15) is 4.79 Å². The van der Waals surface area contributed by atoms with Crippen molar-refractivity contribution in [3.05, 3.63) is 45.6 Å². The summed E-state index contributed by atoms with van der Waals surface area (Å²) in [6.07, 6.45) is 0.907. The lowest BCUT2D eigenvalue weighted by Crippen LogP contribution is -2.08. The van der Waals surface area contributed by atoms with Gasteiger partial charge in [-0.1, -0.05) is 19.1 Å². The molecule has 0 atom stereocenters. The fourth-order valence-electron chi connectivity index (χ4n) is 2.12. The molecular formula is C15H14N2O2S. The van der Waals surface area contributed by atoms with Crippen molar-refractivity contribution in [3.8, 4) is 17.1 Å². The maximum absolute atomic E-state index is 12.2. The number of fused-ring (bicyclic) bond motifs is 1. The van der Waals surface area contributed by atoms with Crippen molar-refractivity contribution < 1.29 is 4.74 Å². The van der Waals surface area contributed by atoms with Crippen LogP contribution >= 0.6 is 11.3 Å². The molecule has 0 aliphatic carbocycles. The molecule has 0 bridgehead atoms. The molecule has 20 heavy (non-hydrogen) atoms. The normalized spacial score (nSPS) is 10.9. The zero-order chi connectivity index (χ0) is 14.1. The summed E-state index contributed by atoms with van der Waals surface area (Å²) in [6, 6.07) is 9.44. The number of aromatic nitrogens is 2. The van der Waals surface area contributed by atoms with Gasteiger partial charge < -0.3 is 9.72 Å². The Kier molecular flexibility index (Phi) is 3.28. The third-order valence-corrected chi connectivity index (χ3v) is 4.34. The van der Waals surface area contributed by atoms with Gasteiger partial charge in [0, 0.05) is 4.88 Å². The molecule has 0 amide bonds. The topological polar surface area (TPSA) is 55.0 Å². The number of aromatic amines is 1. The number of thiophene rings is 1. The number of para-hydroxylation sites is 1. The van der Waals surface area contributed by atoms with E-state index in [1.807, 2.05) is 30.3 Å². The number of rotatable bonds is 3. The second-order valence-corrected chi connectivity index (χ2v) is 5.52. The van der Waals surface area contributed by atoms with Crippen LogP contribution in [0.4, 0.5) is 0 Å². The first-order valence-corrected chi connectivity index (χ1v) is 7.20. The van der Waals surface area contributed by atoms with Gasteiger partial charge in [0.2, 0.25) is 0 Å². The molecule has 3 rings (SSSR count). The van der Waals surface area contributed by atoms with E-state index in [4.69, 9.17) is 4.74 Å². The number of hydrogen-bond acceptors (Lipinski definition) is 4. The van der Waals surface area contributed by atoms with Gasteiger partial charge in [-0.25, -0.2) is 4.98 Å². The number of nitrogens with one attached hydrogen (secondary N) is 1. The van der Waals surface area contributed by atoms with Crippen LogP contribution in [0, 0.1) is 0 Å². The lowest BCUT2D eigenvalue weighted by atomic mass is 10.2. The highest BCUT2D eigenvalue weighted by atomic mass is 32.1. The van der Waals surface area contributed by atoms with Crippen LogP contribution in [0.25, 0.3) is 21.6 Å². The average Bonchev–Trinajstić information content (AvgIpc) is 2.91. The van der Waals surface area contributed by atoms with Crippen molar-refractivity contribution in [2.45, 2.75) is 13.3 Å². The number of ether oxygens (including phenoxy) is 1. The zero-order valence-corrected chi connectivity index (χ0v) is 12.1. The number of hydrogen-bond donors (Lipinski definition) is 1. The Bertz CT molecular complexity index is 820. The minimum absolute atomic E-state index is 0.105. The van der Waals surface area contributed by atoms with Gasteiger partial charge in [-0.2, -0.15) is 0 Å². The van der Waals surface area contributed by atoms with Gasteiger partial charge in [-0.15, -0.1) is 11.3 Å². The quantitative estimate of drug-likeness (QED) is 0.804. The molecule has 1 aromatic carbocycles. The fourth-order valence-corrected chi connectivity index (χ4v) is 3.09. The van der Waals surface area contributed by atoms with Crippen molar-refractivity contribution >= 4 is 21.6 Å². The summed E-state index contributed by atoms with van der Waals surface area (Å²) < 4.78 is 5.32. The minimum Gasteiger partial charge on any atom is -0.496 e. The molecule has 2 aromatic heterocycles. The van der Waals surface area contributed by atoms with Crippen LogP contribution in [0.5, 0.6) is 5.75 Å². The van der Waals surface area contributed by atoms with Crippen LogP contribution in [0.2, 0.25) is 0 Å². The van der Waals surface area contributed by atoms with E-state index in [0.29, 0.717) is 17.0 Å². The van der Waals surface area contributed by atoms with Crippen LogP contribution in [0.1, 0.15) is 11.8 Å². The maximum Gasteiger partial charge on any atom is 0.259 e. The number of methoxy groups -OCH3 is 1. The first-order chi connectivity index (χ1) is 9.72. The second kappa shape index (κ2) is 5.09. The van der Waals surface area contributed by atoms with Crippen LogP contribution in [-0.4, -0.2) is 17.1 Å². The molecule has 102 valence electrons. The minimum atomic E-state index is -0.105. The molecule has 0 aliphatic heterocycles. The Morgan fingerprint density at radius 3 is 2.90 bits per heavy atom. The molecule has 0 saturated heterocycles. The van der Waals surface area contributed by atoms with E-state index in [1.165, 1.54) is 0 Å². The second-order valence-electron chi connectivity index (χ2n) is 4.40. The summed E-state index contributed by atoms with van der Waals surface area (Å²) in [7, 11) is 1.61. The number of nitrogens with zero attached hydrogens (tertiary/aromatic N) is 1. The molecule has 0 radical (unpaired) electrons. The predicted octanol–water partition coefficient (Wildman–Crippen LogP) is 3.22. The van der Waals surface area contributed by atoms with E-state index in [-0.39, 0.29) is 5.56 Å². The standard InChI is InChI=1S/C15H14N2O2S/c1-3-9-8-11-14(18)16-13(17-15(11)20-9)10-6-4-5-7-12(10)19-2/h4-8H,3H2,1-2H3,(H,16,17,18). The van der Waals surface area contributed by atoms with Gasteiger partial charge in [0.05, 0.1) is 18.1 Å². The van der Waals surface area contributed by atoms with Crippen molar-refractivity contribution in [1.82, 2.24) is 9.97 Å². The molecule has 0 spiro atoms. The third-order valence-electron chi connectivity index (χ3n) is 3.16. The first kappa shape index (κ1) is 12.9. The van der Waals surface area contributed by atoms with Crippen molar-refractivity contribution in [2.24, 2.45) is 0 Å². The molecule has 5 heteroatoms. The highest BCUT2D eigenvalue weighted by Crippen LogP contribution is 2.28. The van der Waals surface area contributed by atoms with E-state index in [1.54, 1.807) is 18.4 Å². The molecule has 1 N–H and O–H groups in total. The van der Waals surface area contributed by atoms with Crippen LogP contribution in [0.3, 0.4) is 0 Å². The van der Waals surface area contributed by atoms with E-state index >= 15 is 0 Å². The Labute approximate surface area is 120 Å². The smallest absolute Gasteiger partial charge is 0.259 e. The molecule has 0 fully saturated rings. The lowest BCUT2D eigenvalue weighted by Gasteiger charge is -2.06. The zero-order valence-electron chi connectivity index (χ0n) is 11.3. The monoisotopic (exact) mass is 286 g/mol. The van der Waals surface area contributed by atoms with Crippen LogP contribution < -0.4 is 10.3 Å². The lowest BCUT2D eigenvalue weighted by molar-refractivity contribution is 0.416. The molecule has 0 unspecified atom stereocenters. The van der Waals surface area contributed by atoms with Gasteiger partial charge in [0.1, 0.15) is 16.4 Å². The molecule has 0 saturated carbocycles. The van der Waals surface area contributed by atoms with Crippen LogP contribution in [0.15, 0.2) is 35.1 Å². The highest BCUT2D eigenvalue weighted by Gasteiger charge is 2.12. The van der Waals surface area contributed by atoms with E-state index < -0.39 is 0 Å². The summed E-state index contributed by atoms with van der Waals surface area (Å²) in [6.45, 7) is 2.07. The molecule has 0 aliphatic rings. The van der Waals surface area contributed by atoms with Crippen molar-refractivity contribution in [1.29, 1.82) is 0 Å². The van der Waals surface area contributed by atoms with Gasteiger partial charge >= 0.3 is 0 Å². The first-order valence-electron chi connectivity index (χ1n) is 6.39. The Balaban J connectivity index is 2.24. The largest absolute Gasteiger partial charge is 0.496 e. The number of benzene rings is 1. The van der Waals surface area contributed by atoms with Crippen molar-refractivity contribution in [2.75, 3.05) is 7.11 Å². The molecule has 2 heterocycles. The van der Waals surface area contributed by atoms with E-state index in [2.05, 4.69) is 16.9 Å². The Morgan fingerprint density at radius 2 is 2.15 bits per heavy atom. The van der Waals surface area contributed by atoms with Gasteiger partial charge in [-0.3, -0.25) is 4.79 Å². The summed E-state index contributed by atoms with van der Waals surface area (Å²) >= 11 is 1.56. The highest BCUT2D eigenvalue weighted by molar-refractivity contribution is 7.18.